The van der Waals surface area contributed by atoms with Gasteiger partial charge in [0.05, 0.1) is 0 Å². The van der Waals surface area contributed by atoms with E-state index in [1.165, 1.54) is 0 Å². The van der Waals surface area contributed by atoms with Crippen molar-refractivity contribution in [1.29, 1.82) is 0 Å². The molecule has 0 unspecified atom stereocenters. The molecule has 0 bridgehead atoms. The van der Waals surface area contributed by atoms with E-state index in [2.05, 4.69) is 10.1 Å². The summed E-state index contributed by atoms with van der Waals surface area (Å²) in [5, 5.41) is 3.11. The third kappa shape index (κ3) is 3.28. The topological polar surface area (TPSA) is 21.3 Å². The van der Waals surface area contributed by atoms with Crippen molar-refractivity contribution in [2.45, 2.75) is 19.3 Å². The highest BCUT2D eigenvalue weighted by atomic mass is 35.5. The number of hydrogen-bond acceptors (Lipinski definition) is 2. The van der Waals surface area contributed by atoms with Crippen LogP contribution in [0, 0.1) is 0 Å². The maximum absolute atomic E-state index is 11.9. The number of halogens is 4. The number of hydrogen-bond donors (Lipinski definition) is 1. The predicted molar refractivity (Wildman–Crippen MR) is 55.8 cm³/mol. The fourth-order valence-corrected chi connectivity index (χ4v) is 1.53. The van der Waals surface area contributed by atoms with E-state index in [1.54, 1.807) is 18.2 Å². The van der Waals surface area contributed by atoms with Crippen molar-refractivity contribution in [3.8, 4) is 5.75 Å². The molecule has 90 valence electrons. The number of alkyl halides is 3. The second-order valence-electron chi connectivity index (χ2n) is 3.44. The minimum atomic E-state index is -4.28. The van der Waals surface area contributed by atoms with Gasteiger partial charge in [-0.05, 0) is 23.3 Å². The Morgan fingerprint density at radius 2 is 1.88 bits per heavy atom. The fourth-order valence-electron chi connectivity index (χ4n) is 1.53. The zero-order valence-corrected chi connectivity index (χ0v) is 9.12. The Morgan fingerprint density at radius 3 is 2.56 bits per heavy atom. The molecule has 1 aromatic rings. The summed E-state index contributed by atoms with van der Waals surface area (Å²) in [4.78, 5) is 0. The van der Waals surface area contributed by atoms with Crippen LogP contribution < -0.4 is 10.1 Å². The van der Waals surface area contributed by atoms with Crippen LogP contribution in [0.15, 0.2) is 18.2 Å². The molecule has 0 aliphatic carbocycles. The van der Waals surface area contributed by atoms with Crippen molar-refractivity contribution in [3.63, 3.8) is 0 Å². The number of benzene rings is 1. The molecular formula is C10H11ClF3NO. The molecule has 0 saturated carbocycles. The normalized spacial score (nSPS) is 14.2. The minimum Gasteiger partial charge on any atom is -0.484 e. The molecule has 2 rings (SSSR count). The van der Waals surface area contributed by atoms with Gasteiger partial charge in [-0.25, -0.2) is 0 Å². The molecule has 0 atom stereocenters. The van der Waals surface area contributed by atoms with Crippen LogP contribution in [0.1, 0.15) is 11.1 Å². The van der Waals surface area contributed by atoms with Gasteiger partial charge in [-0.1, -0.05) is 6.07 Å². The van der Waals surface area contributed by atoms with Gasteiger partial charge in [-0.2, -0.15) is 13.2 Å². The summed E-state index contributed by atoms with van der Waals surface area (Å²) in [6, 6.07) is 5.01. The Balaban J connectivity index is 0.00000128. The molecule has 1 aliphatic heterocycles. The van der Waals surface area contributed by atoms with Gasteiger partial charge in [0, 0.05) is 13.1 Å². The summed E-state index contributed by atoms with van der Waals surface area (Å²) in [6.45, 7) is 0.229. The van der Waals surface area contributed by atoms with E-state index in [4.69, 9.17) is 0 Å². The first-order valence-corrected chi connectivity index (χ1v) is 4.57. The number of fused-ring (bicyclic) bond motifs is 1. The van der Waals surface area contributed by atoms with Crippen LogP contribution in [0.3, 0.4) is 0 Å². The Labute approximate surface area is 97.2 Å². The Bertz CT molecular complexity index is 368. The lowest BCUT2D eigenvalue weighted by molar-refractivity contribution is -0.153. The number of rotatable bonds is 2. The van der Waals surface area contributed by atoms with Crippen LogP contribution in [0.2, 0.25) is 0 Å². The van der Waals surface area contributed by atoms with E-state index in [0.717, 1.165) is 17.7 Å². The van der Waals surface area contributed by atoms with Crippen LogP contribution in [0.4, 0.5) is 13.2 Å². The van der Waals surface area contributed by atoms with Crippen LogP contribution in [-0.2, 0) is 13.1 Å². The first kappa shape index (κ1) is 13.1. The van der Waals surface area contributed by atoms with Crippen LogP contribution in [-0.4, -0.2) is 12.8 Å². The van der Waals surface area contributed by atoms with Gasteiger partial charge in [0.1, 0.15) is 5.75 Å². The molecule has 0 aromatic heterocycles. The zero-order valence-electron chi connectivity index (χ0n) is 8.30. The van der Waals surface area contributed by atoms with Crippen LogP contribution in [0.5, 0.6) is 5.75 Å². The van der Waals surface area contributed by atoms with Crippen molar-refractivity contribution in [2.75, 3.05) is 6.61 Å². The van der Waals surface area contributed by atoms with Gasteiger partial charge in [0.2, 0.25) is 0 Å². The second kappa shape index (κ2) is 4.93. The molecule has 1 aromatic carbocycles. The molecule has 0 spiro atoms. The summed E-state index contributed by atoms with van der Waals surface area (Å²) in [7, 11) is 0. The summed E-state index contributed by atoms with van der Waals surface area (Å²) < 4.78 is 40.3. The number of nitrogens with one attached hydrogen (secondary N) is 1. The second-order valence-corrected chi connectivity index (χ2v) is 3.44. The van der Waals surface area contributed by atoms with Gasteiger partial charge in [0.15, 0.2) is 6.61 Å². The van der Waals surface area contributed by atoms with Crippen molar-refractivity contribution in [1.82, 2.24) is 5.32 Å². The fraction of sp³-hybridized carbons (Fsp3) is 0.400. The Kier molecular flexibility index (Phi) is 4.04. The monoisotopic (exact) mass is 253 g/mol. The molecule has 1 aliphatic rings. The van der Waals surface area contributed by atoms with Gasteiger partial charge >= 0.3 is 6.18 Å². The SMILES string of the molecule is Cl.FC(F)(F)COc1ccc2c(c1)CNC2. The van der Waals surface area contributed by atoms with E-state index in [1.807, 2.05) is 0 Å². The summed E-state index contributed by atoms with van der Waals surface area (Å²) >= 11 is 0. The van der Waals surface area contributed by atoms with E-state index >= 15 is 0 Å². The third-order valence-corrected chi connectivity index (χ3v) is 2.21. The van der Waals surface area contributed by atoms with Gasteiger partial charge < -0.3 is 10.1 Å². The standard InChI is InChI=1S/C10H10F3NO.ClH/c11-10(12,13)6-15-9-2-1-7-4-14-5-8(7)3-9;/h1-3,14H,4-6H2;1H. The lowest BCUT2D eigenvalue weighted by Gasteiger charge is -2.09. The molecule has 6 heteroatoms. The molecule has 0 fully saturated rings. The van der Waals surface area contributed by atoms with Crippen molar-refractivity contribution >= 4 is 12.4 Å². The quantitative estimate of drug-likeness (QED) is 0.875. The van der Waals surface area contributed by atoms with Gasteiger partial charge in [-0.3, -0.25) is 0 Å². The Morgan fingerprint density at radius 1 is 1.19 bits per heavy atom. The maximum atomic E-state index is 11.9. The van der Waals surface area contributed by atoms with E-state index in [0.29, 0.717) is 6.54 Å². The molecule has 1 heterocycles. The predicted octanol–water partition coefficient (Wildman–Crippen LogP) is 2.65. The molecular weight excluding hydrogens is 243 g/mol. The molecule has 0 radical (unpaired) electrons. The highest BCUT2D eigenvalue weighted by molar-refractivity contribution is 5.85. The van der Waals surface area contributed by atoms with E-state index in [-0.39, 0.29) is 18.2 Å². The molecule has 0 amide bonds. The summed E-state index contributed by atoms with van der Waals surface area (Å²) in [5.74, 6) is 0.273. The van der Waals surface area contributed by atoms with Crippen molar-refractivity contribution < 1.29 is 17.9 Å². The molecule has 1 N–H and O–H groups in total. The minimum absolute atomic E-state index is 0. The highest BCUT2D eigenvalue weighted by Crippen LogP contribution is 2.23. The van der Waals surface area contributed by atoms with E-state index in [9.17, 15) is 13.2 Å². The maximum Gasteiger partial charge on any atom is 0.422 e. The molecule has 16 heavy (non-hydrogen) atoms. The smallest absolute Gasteiger partial charge is 0.422 e. The third-order valence-electron chi connectivity index (χ3n) is 2.21. The van der Waals surface area contributed by atoms with Gasteiger partial charge in [0.25, 0.3) is 0 Å². The zero-order chi connectivity index (χ0) is 10.9. The first-order valence-electron chi connectivity index (χ1n) is 4.57. The summed E-state index contributed by atoms with van der Waals surface area (Å²) in [6.07, 6.45) is -4.28. The van der Waals surface area contributed by atoms with Crippen molar-refractivity contribution in [3.05, 3.63) is 29.3 Å². The highest BCUT2D eigenvalue weighted by Gasteiger charge is 2.28. The Hall–Kier alpha value is -0.940. The van der Waals surface area contributed by atoms with Crippen molar-refractivity contribution in [2.24, 2.45) is 0 Å². The lowest BCUT2D eigenvalue weighted by Crippen LogP contribution is -2.19. The van der Waals surface area contributed by atoms with Crippen LogP contribution in [0.25, 0.3) is 0 Å². The lowest BCUT2D eigenvalue weighted by atomic mass is 10.1. The first-order chi connectivity index (χ1) is 7.04. The summed E-state index contributed by atoms with van der Waals surface area (Å²) in [5.41, 5.74) is 2.13. The average molecular weight is 254 g/mol. The van der Waals surface area contributed by atoms with Gasteiger partial charge in [-0.15, -0.1) is 12.4 Å². The molecule has 2 nitrogen and oxygen atoms in total. The molecule has 0 saturated heterocycles. The van der Waals surface area contributed by atoms with Crippen LogP contribution >= 0.6 is 12.4 Å². The largest absolute Gasteiger partial charge is 0.484 e. The number of ether oxygens (including phenoxy) is 1. The van der Waals surface area contributed by atoms with E-state index < -0.39 is 12.8 Å². The average Bonchev–Trinajstić information content (AvgIpc) is 2.60.